The molecule has 0 spiro atoms. The summed E-state index contributed by atoms with van der Waals surface area (Å²) >= 11 is 0. The molecule has 0 saturated heterocycles. The number of hydrogen-bond acceptors (Lipinski definition) is 3. The molecule has 0 heterocycles. The Kier molecular flexibility index (Phi) is 4.91. The Hall–Kier alpha value is -0.590. The summed E-state index contributed by atoms with van der Waals surface area (Å²) in [6.45, 7) is 3.17. The predicted molar refractivity (Wildman–Crippen MR) is 39.6 cm³/mol. The van der Waals surface area contributed by atoms with Crippen molar-refractivity contribution in [3.8, 4) is 6.07 Å². The Morgan fingerprint density at radius 1 is 1.70 bits per heavy atom. The number of hydrogen-bond donors (Lipinski definition) is 0. The molecule has 0 bridgehead atoms. The number of ether oxygens (including phenoxy) is 1. The molecule has 0 aromatic heterocycles. The van der Waals surface area contributed by atoms with Crippen LogP contribution in [0, 0.1) is 11.3 Å². The van der Waals surface area contributed by atoms with Crippen molar-refractivity contribution >= 4 is 0 Å². The molecule has 1 unspecified atom stereocenters. The third-order valence-corrected chi connectivity index (χ3v) is 1.48. The number of likely N-dealkylation sites (N-methyl/N-ethyl adjacent to an activating group) is 1. The zero-order valence-electron chi connectivity index (χ0n) is 6.79. The van der Waals surface area contributed by atoms with Gasteiger partial charge in [0.2, 0.25) is 0 Å². The average molecular weight is 142 g/mol. The molecule has 0 aliphatic rings. The van der Waals surface area contributed by atoms with Gasteiger partial charge in [0.05, 0.1) is 19.2 Å². The molecule has 0 aliphatic carbocycles. The predicted octanol–water partition coefficient (Wildman–Crippen LogP) is 0.477. The monoisotopic (exact) mass is 142 g/mol. The molecular weight excluding hydrogens is 128 g/mol. The van der Waals surface area contributed by atoms with Gasteiger partial charge in [-0.25, -0.2) is 0 Å². The van der Waals surface area contributed by atoms with Crippen LogP contribution in [-0.2, 0) is 4.74 Å². The summed E-state index contributed by atoms with van der Waals surface area (Å²) in [5.74, 6) is 0. The minimum atomic E-state index is 0.324. The Labute approximate surface area is 62.2 Å². The molecule has 0 aromatic carbocycles. The van der Waals surface area contributed by atoms with Gasteiger partial charge in [0.1, 0.15) is 0 Å². The summed E-state index contributed by atoms with van der Waals surface area (Å²) in [5.41, 5.74) is 0. The molecule has 0 saturated carbocycles. The molecule has 10 heavy (non-hydrogen) atoms. The highest BCUT2D eigenvalue weighted by Crippen LogP contribution is 1.93. The van der Waals surface area contributed by atoms with Crippen LogP contribution in [0.2, 0.25) is 0 Å². The lowest BCUT2D eigenvalue weighted by atomic mass is 10.3. The third kappa shape index (κ3) is 3.44. The third-order valence-electron chi connectivity index (χ3n) is 1.48. The van der Waals surface area contributed by atoms with Gasteiger partial charge in [-0.2, -0.15) is 5.26 Å². The second kappa shape index (κ2) is 5.21. The fourth-order valence-electron chi connectivity index (χ4n) is 0.636. The van der Waals surface area contributed by atoms with Crippen molar-refractivity contribution in [1.29, 1.82) is 5.26 Å². The van der Waals surface area contributed by atoms with Gasteiger partial charge < -0.3 is 4.74 Å². The first-order valence-electron chi connectivity index (χ1n) is 3.28. The molecule has 3 heteroatoms. The van der Waals surface area contributed by atoms with Gasteiger partial charge in [-0.1, -0.05) is 0 Å². The van der Waals surface area contributed by atoms with Crippen molar-refractivity contribution in [1.82, 2.24) is 4.90 Å². The van der Waals surface area contributed by atoms with E-state index in [1.165, 1.54) is 0 Å². The Morgan fingerprint density at radius 3 is 2.70 bits per heavy atom. The van der Waals surface area contributed by atoms with Crippen molar-refractivity contribution in [3.63, 3.8) is 0 Å². The smallest absolute Gasteiger partial charge is 0.0866 e. The first-order chi connectivity index (χ1) is 4.72. The lowest BCUT2D eigenvalue weighted by Gasteiger charge is -2.20. The van der Waals surface area contributed by atoms with Crippen molar-refractivity contribution in [3.05, 3.63) is 0 Å². The molecule has 0 N–H and O–H groups in total. The van der Waals surface area contributed by atoms with E-state index in [-0.39, 0.29) is 0 Å². The Morgan fingerprint density at radius 2 is 2.30 bits per heavy atom. The summed E-state index contributed by atoms with van der Waals surface area (Å²) in [6.07, 6.45) is 0. The largest absolute Gasteiger partial charge is 0.383 e. The highest BCUT2D eigenvalue weighted by atomic mass is 16.5. The first kappa shape index (κ1) is 9.41. The van der Waals surface area contributed by atoms with Crippen LogP contribution in [0.1, 0.15) is 6.92 Å². The lowest BCUT2D eigenvalue weighted by Crippen LogP contribution is -2.32. The maximum absolute atomic E-state index is 8.32. The Balaban J connectivity index is 3.50. The molecule has 0 amide bonds. The summed E-state index contributed by atoms with van der Waals surface area (Å²) in [7, 11) is 3.57. The van der Waals surface area contributed by atoms with Crippen LogP contribution >= 0.6 is 0 Å². The molecule has 0 fully saturated rings. The van der Waals surface area contributed by atoms with E-state index in [1.54, 1.807) is 7.11 Å². The molecule has 3 nitrogen and oxygen atoms in total. The molecule has 1 atom stereocenters. The van der Waals surface area contributed by atoms with Crippen LogP contribution in [0.3, 0.4) is 0 Å². The minimum absolute atomic E-state index is 0.324. The van der Waals surface area contributed by atoms with E-state index in [0.717, 1.165) is 0 Å². The second-order valence-electron chi connectivity index (χ2n) is 2.38. The standard InChI is InChI=1S/C7H14N2O/c1-7(6-10-3)9(2)5-4-8/h7H,5-6H2,1-3H3. The average Bonchev–Trinajstić information content (AvgIpc) is 1.89. The molecular formula is C7H14N2O. The number of methoxy groups -OCH3 is 1. The van der Waals surface area contributed by atoms with E-state index in [9.17, 15) is 0 Å². The maximum atomic E-state index is 8.32. The van der Waals surface area contributed by atoms with Crippen molar-refractivity contribution in [2.24, 2.45) is 0 Å². The van der Waals surface area contributed by atoms with E-state index in [2.05, 4.69) is 6.07 Å². The molecule has 0 aliphatic heterocycles. The SMILES string of the molecule is COCC(C)N(C)CC#N. The summed E-state index contributed by atoms with van der Waals surface area (Å²) in [4.78, 5) is 1.95. The van der Waals surface area contributed by atoms with Gasteiger partial charge in [-0.05, 0) is 14.0 Å². The molecule has 0 rings (SSSR count). The lowest BCUT2D eigenvalue weighted by molar-refractivity contribution is 0.123. The highest BCUT2D eigenvalue weighted by molar-refractivity contribution is 4.77. The second-order valence-corrected chi connectivity index (χ2v) is 2.38. The van der Waals surface area contributed by atoms with Crippen molar-refractivity contribution in [2.75, 3.05) is 27.3 Å². The van der Waals surface area contributed by atoms with E-state index in [4.69, 9.17) is 10.00 Å². The van der Waals surface area contributed by atoms with Gasteiger partial charge in [0.25, 0.3) is 0 Å². The topological polar surface area (TPSA) is 36.3 Å². The molecule has 0 aromatic rings. The number of rotatable bonds is 4. The van der Waals surface area contributed by atoms with Gasteiger partial charge in [-0.3, -0.25) is 4.90 Å². The summed E-state index contributed by atoms with van der Waals surface area (Å²) in [6, 6.07) is 2.40. The van der Waals surface area contributed by atoms with Crippen LogP contribution < -0.4 is 0 Å². The van der Waals surface area contributed by atoms with Crippen molar-refractivity contribution in [2.45, 2.75) is 13.0 Å². The Bertz CT molecular complexity index is 119. The maximum Gasteiger partial charge on any atom is 0.0866 e. The van der Waals surface area contributed by atoms with Gasteiger partial charge >= 0.3 is 0 Å². The number of nitrogens with zero attached hydrogens (tertiary/aromatic N) is 2. The van der Waals surface area contributed by atoms with Gasteiger partial charge in [0, 0.05) is 13.2 Å². The number of nitriles is 1. The summed E-state index contributed by atoms with van der Waals surface area (Å²) in [5, 5.41) is 8.32. The quantitative estimate of drug-likeness (QED) is 0.535. The zero-order chi connectivity index (χ0) is 7.98. The summed E-state index contributed by atoms with van der Waals surface area (Å²) < 4.78 is 4.92. The zero-order valence-corrected chi connectivity index (χ0v) is 6.79. The van der Waals surface area contributed by atoms with Crippen LogP contribution in [-0.4, -0.2) is 38.3 Å². The van der Waals surface area contributed by atoms with Crippen LogP contribution in [0.25, 0.3) is 0 Å². The first-order valence-corrected chi connectivity index (χ1v) is 3.28. The normalized spacial score (nSPS) is 13.1. The van der Waals surface area contributed by atoms with E-state index < -0.39 is 0 Å². The van der Waals surface area contributed by atoms with Crippen LogP contribution in [0.5, 0.6) is 0 Å². The molecule has 0 radical (unpaired) electrons. The fraction of sp³-hybridized carbons (Fsp3) is 0.857. The minimum Gasteiger partial charge on any atom is -0.383 e. The fourth-order valence-corrected chi connectivity index (χ4v) is 0.636. The van der Waals surface area contributed by atoms with Gasteiger partial charge in [0.15, 0.2) is 0 Å². The molecule has 58 valence electrons. The van der Waals surface area contributed by atoms with E-state index in [1.807, 2.05) is 18.9 Å². The van der Waals surface area contributed by atoms with E-state index >= 15 is 0 Å². The van der Waals surface area contributed by atoms with Gasteiger partial charge in [-0.15, -0.1) is 0 Å². The van der Waals surface area contributed by atoms with E-state index in [0.29, 0.717) is 19.2 Å². The van der Waals surface area contributed by atoms with Crippen molar-refractivity contribution < 1.29 is 4.74 Å². The highest BCUT2D eigenvalue weighted by Gasteiger charge is 2.06. The van der Waals surface area contributed by atoms with Crippen LogP contribution in [0.15, 0.2) is 0 Å². The van der Waals surface area contributed by atoms with Crippen LogP contribution in [0.4, 0.5) is 0 Å².